The second kappa shape index (κ2) is 8.53. The van der Waals surface area contributed by atoms with Gasteiger partial charge in [0.25, 0.3) is 5.91 Å². The van der Waals surface area contributed by atoms with E-state index in [4.69, 9.17) is 4.74 Å². The summed E-state index contributed by atoms with van der Waals surface area (Å²) < 4.78 is 33.0. The molecule has 3 aromatic rings. The van der Waals surface area contributed by atoms with E-state index in [1.807, 2.05) is 13.0 Å². The first-order valence-corrected chi connectivity index (χ1v) is 13.2. The van der Waals surface area contributed by atoms with Gasteiger partial charge in [-0.25, -0.2) is 8.42 Å². The lowest BCUT2D eigenvalue weighted by atomic mass is 9.92. The quantitative estimate of drug-likeness (QED) is 0.558. The van der Waals surface area contributed by atoms with Gasteiger partial charge in [-0.05, 0) is 57.1 Å². The zero-order valence-corrected chi connectivity index (χ0v) is 19.4. The summed E-state index contributed by atoms with van der Waals surface area (Å²) in [5.41, 5.74) is 0.646. The third-order valence-electron chi connectivity index (χ3n) is 6.12. The number of amides is 1. The second-order valence-electron chi connectivity index (χ2n) is 8.45. The lowest BCUT2D eigenvalue weighted by Crippen LogP contribution is -2.30. The molecule has 2 aromatic heterocycles. The summed E-state index contributed by atoms with van der Waals surface area (Å²) >= 11 is 1.31. The number of nitrogens with one attached hydrogen (secondary N) is 1. The first-order chi connectivity index (χ1) is 15.4. The highest BCUT2D eigenvalue weighted by molar-refractivity contribution is 7.92. The van der Waals surface area contributed by atoms with Gasteiger partial charge in [0, 0.05) is 18.6 Å². The van der Waals surface area contributed by atoms with E-state index in [9.17, 15) is 13.2 Å². The molecule has 32 heavy (non-hydrogen) atoms. The van der Waals surface area contributed by atoms with Crippen LogP contribution in [-0.2, 0) is 19.4 Å². The first-order valence-electron chi connectivity index (χ1n) is 10.8. The van der Waals surface area contributed by atoms with Crippen LogP contribution in [-0.4, -0.2) is 52.8 Å². The number of aromatic nitrogens is 4. The molecule has 1 saturated heterocycles. The molecular formula is C21H25N5O4S2. The van der Waals surface area contributed by atoms with E-state index in [0.717, 1.165) is 17.8 Å². The van der Waals surface area contributed by atoms with Crippen molar-refractivity contribution >= 4 is 43.1 Å². The summed E-state index contributed by atoms with van der Waals surface area (Å²) in [6, 6.07) is 4.60. The van der Waals surface area contributed by atoms with E-state index in [0.29, 0.717) is 59.3 Å². The van der Waals surface area contributed by atoms with Gasteiger partial charge in [0.05, 0.1) is 21.9 Å². The monoisotopic (exact) mass is 475 g/mol. The molecule has 1 aliphatic carbocycles. The lowest BCUT2D eigenvalue weighted by molar-refractivity contribution is -0.120. The molecule has 0 spiro atoms. The highest BCUT2D eigenvalue weighted by Gasteiger charge is 2.38. The fraction of sp³-hybridized carbons (Fsp3) is 0.524. The SMILES string of the molecule is Cc1nnc(NC(=O)C(CC2CCOCC2)n2ncc3c(S(=O)(=O)C4CC4)cccc32)s1. The van der Waals surface area contributed by atoms with Crippen molar-refractivity contribution in [2.24, 2.45) is 5.92 Å². The molecule has 3 heterocycles. The van der Waals surface area contributed by atoms with Crippen LogP contribution >= 0.6 is 11.3 Å². The fourth-order valence-corrected chi connectivity index (χ4v) is 6.69. The molecule has 1 aromatic carbocycles. The summed E-state index contributed by atoms with van der Waals surface area (Å²) in [4.78, 5) is 13.7. The van der Waals surface area contributed by atoms with E-state index in [1.54, 1.807) is 23.0 Å². The molecule has 2 aliphatic rings. The fourth-order valence-electron chi connectivity index (χ4n) is 4.25. The van der Waals surface area contributed by atoms with E-state index >= 15 is 0 Å². The van der Waals surface area contributed by atoms with Crippen LogP contribution in [0.4, 0.5) is 5.13 Å². The number of anilines is 1. The number of rotatable bonds is 7. The van der Waals surface area contributed by atoms with E-state index in [1.165, 1.54) is 11.3 Å². The van der Waals surface area contributed by atoms with Crippen LogP contribution in [0.2, 0.25) is 0 Å². The molecular weight excluding hydrogens is 450 g/mol. The maximum absolute atomic E-state index is 13.4. The number of ether oxygens (including phenoxy) is 1. The predicted octanol–water partition coefficient (Wildman–Crippen LogP) is 3.13. The summed E-state index contributed by atoms with van der Waals surface area (Å²) in [5.74, 6) is 0.0846. The number of hydrogen-bond acceptors (Lipinski definition) is 8. The summed E-state index contributed by atoms with van der Waals surface area (Å²) in [6.07, 6.45) is 5.31. The number of nitrogens with zero attached hydrogens (tertiary/aromatic N) is 4. The zero-order chi connectivity index (χ0) is 22.3. The Labute approximate surface area is 190 Å². The third kappa shape index (κ3) is 4.16. The molecule has 0 radical (unpaired) electrons. The van der Waals surface area contributed by atoms with Gasteiger partial charge in [0.1, 0.15) is 11.0 Å². The van der Waals surface area contributed by atoms with Crippen LogP contribution in [0.1, 0.15) is 43.2 Å². The van der Waals surface area contributed by atoms with Crippen molar-refractivity contribution in [2.75, 3.05) is 18.5 Å². The van der Waals surface area contributed by atoms with Crippen LogP contribution < -0.4 is 5.32 Å². The Morgan fingerprint density at radius 3 is 2.72 bits per heavy atom. The minimum absolute atomic E-state index is 0.229. The Balaban J connectivity index is 1.52. The molecule has 170 valence electrons. The van der Waals surface area contributed by atoms with Crippen LogP contribution in [0.5, 0.6) is 0 Å². The van der Waals surface area contributed by atoms with Crippen LogP contribution in [0.3, 0.4) is 0 Å². The van der Waals surface area contributed by atoms with Gasteiger partial charge >= 0.3 is 0 Å². The minimum Gasteiger partial charge on any atom is -0.381 e. The van der Waals surface area contributed by atoms with E-state index < -0.39 is 15.9 Å². The minimum atomic E-state index is -3.38. The average molecular weight is 476 g/mol. The molecule has 0 bridgehead atoms. The van der Waals surface area contributed by atoms with Crippen molar-refractivity contribution in [1.29, 1.82) is 0 Å². The largest absolute Gasteiger partial charge is 0.381 e. The molecule has 11 heteroatoms. The summed E-state index contributed by atoms with van der Waals surface area (Å²) in [5, 5.41) is 16.8. The number of aryl methyl sites for hydroxylation is 1. The Hall–Kier alpha value is -2.37. The average Bonchev–Trinajstić information content (AvgIpc) is 3.46. The summed E-state index contributed by atoms with van der Waals surface area (Å²) in [6.45, 7) is 3.19. The van der Waals surface area contributed by atoms with Crippen LogP contribution in [0.25, 0.3) is 10.9 Å². The molecule has 5 rings (SSSR count). The number of sulfone groups is 1. The number of hydrogen-bond donors (Lipinski definition) is 1. The molecule has 1 amide bonds. The molecule has 2 fully saturated rings. The van der Waals surface area contributed by atoms with Gasteiger partial charge in [0.15, 0.2) is 9.84 Å². The van der Waals surface area contributed by atoms with Crippen molar-refractivity contribution in [3.05, 3.63) is 29.4 Å². The third-order valence-corrected chi connectivity index (χ3v) is 9.19. The molecule has 1 saturated carbocycles. The normalized spacial score (nSPS) is 18.7. The number of benzene rings is 1. The lowest BCUT2D eigenvalue weighted by Gasteiger charge is -2.26. The topological polar surface area (TPSA) is 116 Å². The number of fused-ring (bicyclic) bond motifs is 1. The van der Waals surface area contributed by atoms with Crippen molar-refractivity contribution in [2.45, 2.75) is 55.2 Å². The van der Waals surface area contributed by atoms with Gasteiger partial charge in [-0.15, -0.1) is 10.2 Å². The maximum Gasteiger partial charge on any atom is 0.251 e. The van der Waals surface area contributed by atoms with Crippen molar-refractivity contribution in [3.8, 4) is 0 Å². The van der Waals surface area contributed by atoms with Gasteiger partial charge in [0.2, 0.25) is 5.13 Å². The molecule has 1 atom stereocenters. The van der Waals surface area contributed by atoms with E-state index in [-0.39, 0.29) is 11.2 Å². The van der Waals surface area contributed by atoms with Crippen molar-refractivity contribution in [1.82, 2.24) is 20.0 Å². The Morgan fingerprint density at radius 2 is 2.03 bits per heavy atom. The van der Waals surface area contributed by atoms with Crippen LogP contribution in [0.15, 0.2) is 29.3 Å². The second-order valence-corrected chi connectivity index (χ2v) is 11.8. The van der Waals surface area contributed by atoms with Gasteiger partial charge in [-0.2, -0.15) is 5.10 Å². The summed E-state index contributed by atoms with van der Waals surface area (Å²) in [7, 11) is -3.38. The zero-order valence-electron chi connectivity index (χ0n) is 17.7. The van der Waals surface area contributed by atoms with Gasteiger partial charge < -0.3 is 4.74 Å². The van der Waals surface area contributed by atoms with E-state index in [2.05, 4.69) is 20.6 Å². The number of carbonyl (C=O) groups is 1. The maximum atomic E-state index is 13.4. The Morgan fingerprint density at radius 1 is 1.25 bits per heavy atom. The van der Waals surface area contributed by atoms with Gasteiger partial charge in [-0.1, -0.05) is 17.4 Å². The smallest absolute Gasteiger partial charge is 0.251 e. The first kappa shape index (κ1) is 21.5. The molecule has 9 nitrogen and oxygen atoms in total. The highest BCUT2D eigenvalue weighted by Crippen LogP contribution is 2.37. The standard InChI is InChI=1S/C21H25N5O4S2/c1-13-24-25-21(31-13)23-20(27)18(11-14-7-9-30-10-8-14)26-17-3-2-4-19(16(17)12-22-26)32(28,29)15-5-6-15/h2-4,12,14-15,18H,5-11H2,1H3,(H,23,25,27). The number of carbonyl (C=O) groups excluding carboxylic acids is 1. The highest BCUT2D eigenvalue weighted by atomic mass is 32.2. The van der Waals surface area contributed by atoms with Gasteiger partial charge in [-0.3, -0.25) is 14.8 Å². The Bertz CT molecular complexity index is 1240. The van der Waals surface area contributed by atoms with Crippen molar-refractivity contribution < 1.29 is 17.9 Å². The predicted molar refractivity (Wildman–Crippen MR) is 120 cm³/mol. The van der Waals surface area contributed by atoms with Crippen molar-refractivity contribution in [3.63, 3.8) is 0 Å². The molecule has 1 aliphatic heterocycles. The van der Waals surface area contributed by atoms with Crippen LogP contribution in [0, 0.1) is 12.8 Å². The molecule has 1 unspecified atom stereocenters. The Kier molecular flexibility index (Phi) is 5.72. The molecule has 1 N–H and O–H groups in total.